The second-order valence-corrected chi connectivity index (χ2v) is 6.60. The molecule has 2 atom stereocenters. The van der Waals surface area contributed by atoms with E-state index in [2.05, 4.69) is 5.48 Å². The van der Waals surface area contributed by atoms with Gasteiger partial charge in [0.25, 0.3) is 0 Å². The van der Waals surface area contributed by atoms with E-state index in [0.717, 1.165) is 16.8 Å². The lowest BCUT2D eigenvalue weighted by atomic mass is 9.83. The van der Waals surface area contributed by atoms with Gasteiger partial charge in [0.05, 0.1) is 26.2 Å². The first kappa shape index (κ1) is 18.9. The zero-order valence-corrected chi connectivity index (χ0v) is 15.8. The molecule has 2 aromatic rings. The van der Waals surface area contributed by atoms with Gasteiger partial charge in [-0.3, -0.25) is 14.4 Å². The van der Waals surface area contributed by atoms with Crippen molar-refractivity contribution in [3.8, 4) is 5.75 Å². The summed E-state index contributed by atoms with van der Waals surface area (Å²) in [6.45, 7) is 1.99. The Labute approximate surface area is 159 Å². The topological polar surface area (TPSA) is 67.9 Å². The molecule has 3 rings (SSSR count). The molecule has 6 nitrogen and oxygen atoms in total. The summed E-state index contributed by atoms with van der Waals surface area (Å²) < 4.78 is 5.52. The van der Waals surface area contributed by atoms with Gasteiger partial charge in [-0.1, -0.05) is 35.9 Å². The Bertz CT molecular complexity index is 819. The molecule has 0 spiro atoms. The number of nitrogens with one attached hydrogen (secondary N) is 1. The van der Waals surface area contributed by atoms with Crippen LogP contribution in [0.2, 0.25) is 0 Å². The van der Waals surface area contributed by atoms with Crippen LogP contribution in [-0.4, -0.2) is 26.0 Å². The lowest BCUT2D eigenvalue weighted by Crippen LogP contribution is -2.48. The summed E-state index contributed by atoms with van der Waals surface area (Å²) in [7, 11) is 2.99. The third kappa shape index (κ3) is 3.80. The Hall–Kier alpha value is -2.86. The summed E-state index contributed by atoms with van der Waals surface area (Å²) in [6.07, 6.45) is 0.737. The van der Waals surface area contributed by atoms with Crippen molar-refractivity contribution in [3.63, 3.8) is 0 Å². The van der Waals surface area contributed by atoms with Gasteiger partial charge in [-0.05, 0) is 31.5 Å². The maximum absolute atomic E-state index is 12.9. The van der Waals surface area contributed by atoms with Gasteiger partial charge in [0.15, 0.2) is 0 Å². The lowest BCUT2D eigenvalue weighted by molar-refractivity contribution is -0.138. The maximum atomic E-state index is 12.9. The number of carbonyl (C=O) groups excluding carboxylic acids is 2. The van der Waals surface area contributed by atoms with Crippen molar-refractivity contribution < 1.29 is 19.2 Å². The highest BCUT2D eigenvalue weighted by Gasteiger charge is 2.42. The Kier molecular flexibility index (Phi) is 5.76. The molecule has 0 aliphatic carbocycles. The van der Waals surface area contributed by atoms with E-state index in [0.29, 0.717) is 18.6 Å². The summed E-state index contributed by atoms with van der Waals surface area (Å²) in [4.78, 5) is 32.2. The second kappa shape index (κ2) is 8.22. The number of hydrogen-bond acceptors (Lipinski definition) is 4. The van der Waals surface area contributed by atoms with E-state index in [4.69, 9.17) is 9.57 Å². The number of hydrogen-bond donors (Lipinski definition) is 1. The fraction of sp³-hybridized carbons (Fsp3) is 0.333. The van der Waals surface area contributed by atoms with Crippen LogP contribution in [0.3, 0.4) is 0 Å². The molecule has 1 aliphatic heterocycles. The zero-order chi connectivity index (χ0) is 19.4. The first-order valence-corrected chi connectivity index (χ1v) is 8.91. The Balaban J connectivity index is 2.13. The molecule has 1 heterocycles. The first-order chi connectivity index (χ1) is 13.1. The normalized spacial score (nSPS) is 19.7. The van der Waals surface area contributed by atoms with E-state index in [1.54, 1.807) is 12.0 Å². The highest BCUT2D eigenvalue weighted by Crippen LogP contribution is 2.43. The third-order valence-corrected chi connectivity index (χ3v) is 4.91. The summed E-state index contributed by atoms with van der Waals surface area (Å²) in [6, 6.07) is 14.7. The van der Waals surface area contributed by atoms with Crippen LogP contribution < -0.4 is 15.1 Å². The van der Waals surface area contributed by atoms with Gasteiger partial charge in [0.2, 0.25) is 11.8 Å². The van der Waals surface area contributed by atoms with Crippen LogP contribution in [0.4, 0.5) is 5.69 Å². The molecular formula is C21H24N2O4. The molecule has 0 unspecified atom stereocenters. The van der Waals surface area contributed by atoms with Crippen molar-refractivity contribution in [2.75, 3.05) is 19.1 Å². The molecule has 1 fully saturated rings. The van der Waals surface area contributed by atoms with Crippen LogP contribution in [0.1, 0.15) is 30.0 Å². The van der Waals surface area contributed by atoms with Gasteiger partial charge >= 0.3 is 0 Å². The number of amides is 2. The van der Waals surface area contributed by atoms with Crippen molar-refractivity contribution >= 4 is 17.5 Å². The van der Waals surface area contributed by atoms with Gasteiger partial charge in [-0.25, -0.2) is 5.48 Å². The van der Waals surface area contributed by atoms with Gasteiger partial charge < -0.3 is 9.64 Å². The minimum absolute atomic E-state index is 0.0174. The molecule has 1 N–H and O–H groups in total. The van der Waals surface area contributed by atoms with Crippen LogP contribution in [-0.2, 0) is 14.4 Å². The number of anilines is 1. The quantitative estimate of drug-likeness (QED) is 0.823. The number of ether oxygens (including phenoxy) is 1. The average molecular weight is 368 g/mol. The maximum Gasteiger partial charge on any atom is 0.249 e. The number of methoxy groups -OCH3 is 1. The largest absolute Gasteiger partial charge is 0.496 e. The van der Waals surface area contributed by atoms with Crippen molar-refractivity contribution in [2.45, 2.75) is 25.8 Å². The fourth-order valence-corrected chi connectivity index (χ4v) is 3.62. The summed E-state index contributed by atoms with van der Waals surface area (Å²) in [5, 5.41) is 0. The average Bonchev–Trinajstić information content (AvgIpc) is 2.68. The molecule has 0 aromatic heterocycles. The van der Waals surface area contributed by atoms with Crippen LogP contribution in [0, 0.1) is 12.8 Å². The fourth-order valence-electron chi connectivity index (χ4n) is 3.62. The number of benzene rings is 2. The predicted molar refractivity (Wildman–Crippen MR) is 102 cm³/mol. The summed E-state index contributed by atoms with van der Waals surface area (Å²) >= 11 is 0. The summed E-state index contributed by atoms with van der Waals surface area (Å²) in [5.41, 5.74) is 5.09. The van der Waals surface area contributed by atoms with E-state index >= 15 is 0 Å². The molecule has 2 amide bonds. The standard InChI is InChI=1S/C21H24N2O4/c1-14-8-10-15(11-9-14)23-19(24)13-12-17(21(25)22-27-3)20(23)16-6-4-5-7-18(16)26-2/h4-11,17,20H,12-13H2,1-3H3,(H,22,25)/t17-,20+/m1/s1. The van der Waals surface area contributed by atoms with Crippen LogP contribution in [0.15, 0.2) is 48.5 Å². The van der Waals surface area contributed by atoms with E-state index in [1.165, 1.54) is 7.11 Å². The van der Waals surface area contributed by atoms with Crippen molar-refractivity contribution in [2.24, 2.45) is 5.92 Å². The van der Waals surface area contributed by atoms with Crippen molar-refractivity contribution in [1.82, 2.24) is 5.48 Å². The third-order valence-electron chi connectivity index (χ3n) is 4.91. The van der Waals surface area contributed by atoms with Gasteiger partial charge in [0.1, 0.15) is 5.75 Å². The van der Waals surface area contributed by atoms with Crippen LogP contribution in [0.25, 0.3) is 0 Å². The SMILES string of the molecule is CONC(=O)[C@@H]1CCC(=O)N(c2ccc(C)cc2)[C@H]1c1ccccc1OC. The Morgan fingerprint density at radius 2 is 1.81 bits per heavy atom. The van der Waals surface area contributed by atoms with Crippen molar-refractivity contribution in [3.05, 3.63) is 59.7 Å². The Morgan fingerprint density at radius 3 is 2.48 bits per heavy atom. The van der Waals surface area contributed by atoms with Crippen molar-refractivity contribution in [1.29, 1.82) is 0 Å². The van der Waals surface area contributed by atoms with E-state index in [-0.39, 0.29) is 11.8 Å². The molecule has 0 bridgehead atoms. The number of para-hydroxylation sites is 1. The zero-order valence-electron chi connectivity index (χ0n) is 15.8. The smallest absolute Gasteiger partial charge is 0.249 e. The molecule has 0 radical (unpaired) electrons. The number of nitrogens with zero attached hydrogens (tertiary/aromatic N) is 1. The number of carbonyl (C=O) groups is 2. The van der Waals surface area contributed by atoms with Crippen LogP contribution in [0.5, 0.6) is 5.75 Å². The molecule has 142 valence electrons. The predicted octanol–water partition coefficient (Wildman–Crippen LogP) is 3.17. The monoisotopic (exact) mass is 368 g/mol. The minimum Gasteiger partial charge on any atom is -0.496 e. The molecule has 1 saturated heterocycles. The molecule has 1 aliphatic rings. The number of rotatable bonds is 5. The molecule has 6 heteroatoms. The van der Waals surface area contributed by atoms with E-state index in [1.807, 2.05) is 55.5 Å². The lowest BCUT2D eigenvalue weighted by Gasteiger charge is -2.41. The minimum atomic E-state index is -0.486. The van der Waals surface area contributed by atoms with Gasteiger partial charge in [-0.2, -0.15) is 0 Å². The second-order valence-electron chi connectivity index (χ2n) is 6.60. The molecular weight excluding hydrogens is 344 g/mol. The highest BCUT2D eigenvalue weighted by atomic mass is 16.6. The van der Waals surface area contributed by atoms with Gasteiger partial charge in [0, 0.05) is 17.7 Å². The van der Waals surface area contributed by atoms with Crippen LogP contribution >= 0.6 is 0 Å². The molecule has 27 heavy (non-hydrogen) atoms. The van der Waals surface area contributed by atoms with E-state index in [9.17, 15) is 9.59 Å². The number of hydroxylamine groups is 1. The van der Waals surface area contributed by atoms with E-state index < -0.39 is 12.0 Å². The summed E-state index contributed by atoms with van der Waals surface area (Å²) in [5.74, 6) is -0.0842. The molecule has 2 aromatic carbocycles. The highest BCUT2D eigenvalue weighted by molar-refractivity contribution is 5.97. The van der Waals surface area contributed by atoms with Gasteiger partial charge in [-0.15, -0.1) is 0 Å². The first-order valence-electron chi connectivity index (χ1n) is 8.91. The number of aryl methyl sites for hydroxylation is 1. The Morgan fingerprint density at radius 1 is 1.11 bits per heavy atom. The number of piperidine rings is 1. The molecule has 0 saturated carbocycles.